The molecule has 160 valence electrons. The molecule has 0 fully saturated rings. The summed E-state index contributed by atoms with van der Waals surface area (Å²) < 4.78 is 4.55. The van der Waals surface area contributed by atoms with Crippen LogP contribution in [0, 0.1) is 0 Å². The lowest BCUT2D eigenvalue weighted by atomic mass is 10.1. The number of anilines is 1. The monoisotopic (exact) mass is 417 g/mol. The molecule has 0 spiro atoms. The number of hydrogen-bond acceptors (Lipinski definition) is 6. The minimum atomic E-state index is -0.318. The molecule has 0 radical (unpaired) electrons. The molecule has 7 heteroatoms. The van der Waals surface area contributed by atoms with Crippen LogP contribution in [0.2, 0.25) is 0 Å². The molecular weight excluding hydrogens is 390 g/mol. The van der Waals surface area contributed by atoms with Gasteiger partial charge in [-0.05, 0) is 44.0 Å². The predicted octanol–water partition coefficient (Wildman–Crippen LogP) is 4.61. The summed E-state index contributed by atoms with van der Waals surface area (Å²) in [6.45, 7) is 6.72. The summed E-state index contributed by atoms with van der Waals surface area (Å²) in [4.78, 5) is 21.0. The Morgan fingerprint density at radius 3 is 2.42 bits per heavy atom. The van der Waals surface area contributed by atoms with Gasteiger partial charge in [-0.2, -0.15) is 5.10 Å². The van der Waals surface area contributed by atoms with Crippen LogP contribution in [-0.4, -0.2) is 39.3 Å². The Labute approximate surface area is 182 Å². The van der Waals surface area contributed by atoms with Crippen LogP contribution in [0.15, 0.2) is 67.1 Å². The van der Waals surface area contributed by atoms with Crippen molar-refractivity contribution >= 4 is 23.3 Å². The maximum atomic E-state index is 9.60. The largest absolute Gasteiger partial charge is 0.462 e. The molecule has 0 bridgehead atoms. The van der Waals surface area contributed by atoms with E-state index in [0.717, 1.165) is 34.5 Å². The topological polar surface area (TPSA) is 84.0 Å². The highest BCUT2D eigenvalue weighted by Gasteiger charge is 2.08. The van der Waals surface area contributed by atoms with E-state index < -0.39 is 0 Å². The number of fused-ring (bicyclic) bond motifs is 1. The van der Waals surface area contributed by atoms with Gasteiger partial charge in [-0.25, -0.2) is 4.98 Å². The van der Waals surface area contributed by atoms with Crippen molar-refractivity contribution < 1.29 is 9.53 Å². The van der Waals surface area contributed by atoms with Gasteiger partial charge in [0.25, 0.3) is 6.47 Å². The second-order valence-electron chi connectivity index (χ2n) is 8.09. The Bertz CT molecular complexity index is 1110. The maximum absolute atomic E-state index is 9.60. The highest BCUT2D eigenvalue weighted by molar-refractivity contribution is 5.81. The van der Waals surface area contributed by atoms with Crippen molar-refractivity contribution in [1.82, 2.24) is 20.2 Å². The molecule has 2 aromatic carbocycles. The van der Waals surface area contributed by atoms with Crippen LogP contribution < -0.4 is 4.90 Å². The highest BCUT2D eigenvalue weighted by Crippen LogP contribution is 2.23. The zero-order chi connectivity index (χ0) is 22.3. The summed E-state index contributed by atoms with van der Waals surface area (Å²) in [6.07, 6.45) is 5.50. The van der Waals surface area contributed by atoms with Crippen molar-refractivity contribution in [3.05, 3.63) is 72.7 Å². The van der Waals surface area contributed by atoms with Crippen molar-refractivity contribution in [3.63, 3.8) is 0 Å². The lowest BCUT2D eigenvalue weighted by Gasteiger charge is -2.18. The average molecular weight is 418 g/mol. The lowest BCUT2D eigenvalue weighted by molar-refractivity contribution is -0.138. The van der Waals surface area contributed by atoms with Gasteiger partial charge in [0.2, 0.25) is 0 Å². The summed E-state index contributed by atoms with van der Waals surface area (Å²) in [5.74, 6) is 0.863. The van der Waals surface area contributed by atoms with E-state index in [4.69, 9.17) is 4.98 Å². The van der Waals surface area contributed by atoms with Gasteiger partial charge in [0, 0.05) is 25.4 Å². The quantitative estimate of drug-likeness (QED) is 0.477. The standard InChI is InChI=1S/C19H17N5.C5H10O2/c1-24(13-14-5-3-2-4-6-14)19-12-20-18-9-15(7-8-17(18)23-19)16-10-21-22-11-16;1-5(2,3)7-4-6/h2-12H,13H2,1H3,(H,21,22);4H,1-3H3. The Kier molecular flexibility index (Phi) is 6.97. The molecule has 1 N–H and O–H groups in total. The molecule has 0 amide bonds. The smallest absolute Gasteiger partial charge is 0.293 e. The second-order valence-corrected chi connectivity index (χ2v) is 8.09. The highest BCUT2D eigenvalue weighted by atomic mass is 16.5. The SMILES string of the molecule is CC(C)(C)OC=O.CN(Cc1ccccc1)c1cnc2cc(-c3cn[nH]c3)ccc2n1. The first-order chi connectivity index (χ1) is 14.9. The van der Waals surface area contributed by atoms with Crippen LogP contribution in [0.4, 0.5) is 5.82 Å². The molecule has 0 aliphatic heterocycles. The third-order valence-corrected chi connectivity index (χ3v) is 4.42. The first-order valence-electron chi connectivity index (χ1n) is 9.98. The number of hydrogen-bond donors (Lipinski definition) is 1. The van der Waals surface area contributed by atoms with Crippen LogP contribution in [0.3, 0.4) is 0 Å². The molecule has 31 heavy (non-hydrogen) atoms. The van der Waals surface area contributed by atoms with Crippen molar-refractivity contribution in [2.24, 2.45) is 0 Å². The zero-order valence-corrected chi connectivity index (χ0v) is 18.2. The molecule has 0 atom stereocenters. The predicted molar refractivity (Wildman–Crippen MR) is 123 cm³/mol. The van der Waals surface area contributed by atoms with E-state index in [0.29, 0.717) is 6.47 Å². The van der Waals surface area contributed by atoms with Crippen molar-refractivity contribution in [3.8, 4) is 11.1 Å². The number of carbonyl (C=O) groups is 1. The minimum Gasteiger partial charge on any atom is -0.462 e. The first kappa shape index (κ1) is 22.0. The summed E-state index contributed by atoms with van der Waals surface area (Å²) in [6, 6.07) is 16.4. The van der Waals surface area contributed by atoms with Gasteiger partial charge in [-0.1, -0.05) is 36.4 Å². The number of nitrogens with zero attached hydrogens (tertiary/aromatic N) is 4. The number of rotatable bonds is 5. The van der Waals surface area contributed by atoms with Gasteiger partial charge in [-0.3, -0.25) is 14.9 Å². The van der Waals surface area contributed by atoms with Gasteiger partial charge in [0.05, 0.1) is 23.4 Å². The number of ether oxygens (including phenoxy) is 1. The van der Waals surface area contributed by atoms with E-state index in [2.05, 4.69) is 37.0 Å². The molecule has 2 heterocycles. The molecule has 0 saturated carbocycles. The number of aromatic amines is 1. The second kappa shape index (κ2) is 9.84. The van der Waals surface area contributed by atoms with Crippen molar-refractivity contribution in [1.29, 1.82) is 0 Å². The molecule has 4 rings (SSSR count). The first-order valence-corrected chi connectivity index (χ1v) is 9.98. The van der Waals surface area contributed by atoms with E-state index >= 15 is 0 Å². The van der Waals surface area contributed by atoms with E-state index in [9.17, 15) is 4.79 Å². The van der Waals surface area contributed by atoms with E-state index in [-0.39, 0.29) is 5.60 Å². The van der Waals surface area contributed by atoms with E-state index in [1.54, 1.807) is 6.20 Å². The summed E-state index contributed by atoms with van der Waals surface area (Å²) in [5, 5.41) is 6.82. The fourth-order valence-electron chi connectivity index (χ4n) is 2.86. The normalized spacial score (nSPS) is 10.8. The number of nitrogens with one attached hydrogen (secondary N) is 1. The van der Waals surface area contributed by atoms with Gasteiger partial charge in [0.15, 0.2) is 0 Å². The Hall–Kier alpha value is -3.74. The molecular formula is C24H27N5O2. The molecule has 0 saturated heterocycles. The third kappa shape index (κ3) is 6.37. The summed E-state index contributed by atoms with van der Waals surface area (Å²) in [7, 11) is 2.03. The Balaban J connectivity index is 0.000000339. The summed E-state index contributed by atoms with van der Waals surface area (Å²) >= 11 is 0. The van der Waals surface area contributed by atoms with Crippen molar-refractivity contribution in [2.75, 3.05) is 11.9 Å². The molecule has 7 nitrogen and oxygen atoms in total. The van der Waals surface area contributed by atoms with Gasteiger partial charge < -0.3 is 9.64 Å². The van der Waals surface area contributed by atoms with Gasteiger partial charge in [-0.15, -0.1) is 0 Å². The van der Waals surface area contributed by atoms with Gasteiger partial charge in [0.1, 0.15) is 11.4 Å². The van der Waals surface area contributed by atoms with Crippen LogP contribution >= 0.6 is 0 Å². The minimum absolute atomic E-state index is 0.318. The molecule has 0 aliphatic rings. The third-order valence-electron chi connectivity index (χ3n) is 4.42. The average Bonchev–Trinajstić information content (AvgIpc) is 3.28. The Morgan fingerprint density at radius 2 is 1.81 bits per heavy atom. The number of aromatic nitrogens is 4. The fraction of sp³-hybridized carbons (Fsp3) is 0.250. The lowest BCUT2D eigenvalue weighted by Crippen LogP contribution is -2.17. The molecule has 0 aliphatic carbocycles. The van der Waals surface area contributed by atoms with Crippen LogP contribution in [0.1, 0.15) is 26.3 Å². The van der Waals surface area contributed by atoms with Crippen molar-refractivity contribution in [2.45, 2.75) is 32.9 Å². The molecule has 0 unspecified atom stereocenters. The molecule has 4 aromatic rings. The van der Waals surface area contributed by atoms with Crippen LogP contribution in [-0.2, 0) is 16.1 Å². The Morgan fingerprint density at radius 1 is 1.03 bits per heavy atom. The van der Waals surface area contributed by atoms with E-state index in [1.807, 2.05) is 76.6 Å². The van der Waals surface area contributed by atoms with Crippen LogP contribution in [0.5, 0.6) is 0 Å². The zero-order valence-electron chi connectivity index (χ0n) is 18.2. The number of carbonyl (C=O) groups excluding carboxylic acids is 1. The summed E-state index contributed by atoms with van der Waals surface area (Å²) in [5.41, 5.74) is 4.82. The number of benzene rings is 2. The van der Waals surface area contributed by atoms with E-state index in [1.165, 1.54) is 5.56 Å². The number of H-pyrrole nitrogens is 1. The maximum Gasteiger partial charge on any atom is 0.293 e. The molecule has 2 aromatic heterocycles. The fourth-order valence-corrected chi connectivity index (χ4v) is 2.86. The van der Waals surface area contributed by atoms with Gasteiger partial charge >= 0.3 is 0 Å². The van der Waals surface area contributed by atoms with Crippen LogP contribution in [0.25, 0.3) is 22.2 Å².